The molecule has 112 valence electrons. The highest BCUT2D eigenvalue weighted by atomic mass is 32.1. The number of nitrogens with one attached hydrogen (secondary N) is 1. The van der Waals surface area contributed by atoms with Crippen molar-refractivity contribution in [2.24, 2.45) is 0 Å². The standard InChI is InChI=1S/C15H17NO4S/c1-19-10-5-6-11(13(8-10)20-2)15(18)16-9-12(17)14-4-3-7-21-14/h3-8,12,17H,9H2,1-2H3,(H,16,18). The van der Waals surface area contributed by atoms with E-state index in [-0.39, 0.29) is 12.5 Å². The highest BCUT2D eigenvalue weighted by Gasteiger charge is 2.15. The molecule has 1 aromatic carbocycles. The van der Waals surface area contributed by atoms with Crippen molar-refractivity contribution in [1.29, 1.82) is 0 Å². The van der Waals surface area contributed by atoms with Gasteiger partial charge >= 0.3 is 0 Å². The van der Waals surface area contributed by atoms with Crippen molar-refractivity contribution >= 4 is 17.2 Å². The van der Waals surface area contributed by atoms with Gasteiger partial charge in [0.15, 0.2) is 0 Å². The van der Waals surface area contributed by atoms with E-state index in [9.17, 15) is 9.90 Å². The van der Waals surface area contributed by atoms with Crippen molar-refractivity contribution in [3.05, 3.63) is 46.2 Å². The maximum Gasteiger partial charge on any atom is 0.255 e. The number of benzene rings is 1. The quantitative estimate of drug-likeness (QED) is 0.859. The molecule has 1 aromatic heterocycles. The molecule has 1 unspecified atom stereocenters. The number of aliphatic hydroxyl groups is 1. The van der Waals surface area contributed by atoms with Crippen LogP contribution < -0.4 is 14.8 Å². The normalized spacial score (nSPS) is 11.8. The summed E-state index contributed by atoms with van der Waals surface area (Å²) in [6.45, 7) is 0.147. The molecule has 2 aromatic rings. The van der Waals surface area contributed by atoms with Crippen LogP contribution in [0, 0.1) is 0 Å². The Bertz CT molecular complexity index is 598. The van der Waals surface area contributed by atoms with Crippen molar-refractivity contribution < 1.29 is 19.4 Å². The van der Waals surface area contributed by atoms with Crippen LogP contribution in [-0.4, -0.2) is 31.8 Å². The molecule has 1 atom stereocenters. The minimum atomic E-state index is -0.710. The Hall–Kier alpha value is -2.05. The van der Waals surface area contributed by atoms with Crippen molar-refractivity contribution in [3.8, 4) is 11.5 Å². The van der Waals surface area contributed by atoms with Crippen LogP contribution in [0.25, 0.3) is 0 Å². The number of methoxy groups -OCH3 is 2. The topological polar surface area (TPSA) is 67.8 Å². The summed E-state index contributed by atoms with van der Waals surface area (Å²) in [6.07, 6.45) is -0.710. The maximum atomic E-state index is 12.2. The van der Waals surface area contributed by atoms with E-state index in [1.165, 1.54) is 18.4 Å². The number of aliphatic hydroxyl groups excluding tert-OH is 1. The second-order valence-corrected chi connectivity index (χ2v) is 5.29. The molecule has 0 aliphatic heterocycles. The molecule has 0 saturated heterocycles. The maximum absolute atomic E-state index is 12.2. The minimum Gasteiger partial charge on any atom is -0.497 e. The van der Waals surface area contributed by atoms with Gasteiger partial charge in [0, 0.05) is 17.5 Å². The zero-order valence-corrected chi connectivity index (χ0v) is 12.6. The van der Waals surface area contributed by atoms with E-state index in [1.54, 1.807) is 25.3 Å². The van der Waals surface area contributed by atoms with Crippen molar-refractivity contribution in [2.75, 3.05) is 20.8 Å². The molecule has 0 aliphatic carbocycles. The van der Waals surface area contributed by atoms with E-state index in [1.807, 2.05) is 17.5 Å². The number of ether oxygens (including phenoxy) is 2. The van der Waals surface area contributed by atoms with E-state index < -0.39 is 6.10 Å². The average molecular weight is 307 g/mol. The Labute approximate surface area is 127 Å². The van der Waals surface area contributed by atoms with Gasteiger partial charge in [0.2, 0.25) is 0 Å². The lowest BCUT2D eigenvalue weighted by Crippen LogP contribution is -2.28. The first-order valence-electron chi connectivity index (χ1n) is 6.37. The predicted octanol–water partition coefficient (Wildman–Crippen LogP) is 2.23. The van der Waals surface area contributed by atoms with Crippen molar-refractivity contribution in [2.45, 2.75) is 6.10 Å². The molecule has 2 rings (SSSR count). The van der Waals surface area contributed by atoms with Gasteiger partial charge in [0.1, 0.15) is 17.6 Å². The fourth-order valence-electron chi connectivity index (χ4n) is 1.85. The smallest absolute Gasteiger partial charge is 0.255 e. The number of hydrogen-bond donors (Lipinski definition) is 2. The Morgan fingerprint density at radius 1 is 1.33 bits per heavy atom. The summed E-state index contributed by atoms with van der Waals surface area (Å²) >= 11 is 1.45. The zero-order valence-electron chi connectivity index (χ0n) is 11.8. The summed E-state index contributed by atoms with van der Waals surface area (Å²) in [5.74, 6) is 0.740. The summed E-state index contributed by atoms with van der Waals surface area (Å²) in [7, 11) is 3.04. The summed E-state index contributed by atoms with van der Waals surface area (Å²) < 4.78 is 10.3. The van der Waals surface area contributed by atoms with Gasteiger partial charge in [-0.3, -0.25) is 4.79 Å². The number of rotatable bonds is 6. The second kappa shape index (κ2) is 7.10. The Morgan fingerprint density at radius 2 is 2.14 bits per heavy atom. The van der Waals surface area contributed by atoms with Gasteiger partial charge in [0.05, 0.1) is 19.8 Å². The van der Waals surface area contributed by atoms with Crippen LogP contribution in [0.2, 0.25) is 0 Å². The molecule has 5 nitrogen and oxygen atoms in total. The fraction of sp³-hybridized carbons (Fsp3) is 0.267. The largest absolute Gasteiger partial charge is 0.497 e. The molecule has 0 radical (unpaired) electrons. The van der Waals surface area contributed by atoms with Gasteiger partial charge in [-0.1, -0.05) is 6.07 Å². The number of carbonyl (C=O) groups excluding carboxylic acids is 1. The number of hydrogen-bond acceptors (Lipinski definition) is 5. The lowest BCUT2D eigenvalue weighted by atomic mass is 10.1. The third-order valence-corrected chi connectivity index (χ3v) is 3.95. The van der Waals surface area contributed by atoms with Crippen LogP contribution in [0.4, 0.5) is 0 Å². The van der Waals surface area contributed by atoms with Gasteiger partial charge in [-0.2, -0.15) is 0 Å². The Morgan fingerprint density at radius 3 is 2.76 bits per heavy atom. The van der Waals surface area contributed by atoms with Crippen LogP contribution >= 0.6 is 11.3 Å². The van der Waals surface area contributed by atoms with Gasteiger partial charge in [-0.25, -0.2) is 0 Å². The Kier molecular flexibility index (Phi) is 5.19. The molecular weight excluding hydrogens is 290 g/mol. The van der Waals surface area contributed by atoms with Crippen LogP contribution in [0.1, 0.15) is 21.3 Å². The zero-order chi connectivity index (χ0) is 15.2. The van der Waals surface area contributed by atoms with Crippen LogP contribution in [-0.2, 0) is 0 Å². The highest BCUT2D eigenvalue weighted by Crippen LogP contribution is 2.24. The molecule has 1 amide bonds. The summed E-state index contributed by atoms with van der Waals surface area (Å²) in [6, 6.07) is 8.65. The molecule has 0 saturated carbocycles. The summed E-state index contributed by atoms with van der Waals surface area (Å²) in [4.78, 5) is 13.0. The average Bonchev–Trinajstić information content (AvgIpc) is 3.06. The van der Waals surface area contributed by atoms with Crippen LogP contribution in [0.15, 0.2) is 35.7 Å². The first kappa shape index (κ1) is 15.3. The molecule has 21 heavy (non-hydrogen) atoms. The lowest BCUT2D eigenvalue weighted by Gasteiger charge is -2.13. The minimum absolute atomic E-state index is 0.147. The molecule has 0 bridgehead atoms. The highest BCUT2D eigenvalue weighted by molar-refractivity contribution is 7.10. The summed E-state index contributed by atoms with van der Waals surface area (Å²) in [5, 5.41) is 14.5. The molecule has 0 fully saturated rings. The van der Waals surface area contributed by atoms with Crippen LogP contribution in [0.3, 0.4) is 0 Å². The van der Waals surface area contributed by atoms with Gasteiger partial charge in [0.25, 0.3) is 5.91 Å². The molecule has 2 N–H and O–H groups in total. The molecule has 6 heteroatoms. The van der Waals surface area contributed by atoms with E-state index in [2.05, 4.69) is 5.32 Å². The number of carbonyl (C=O) groups is 1. The molecule has 1 heterocycles. The Balaban J connectivity index is 2.03. The van der Waals surface area contributed by atoms with Crippen molar-refractivity contribution in [3.63, 3.8) is 0 Å². The van der Waals surface area contributed by atoms with Gasteiger partial charge in [-0.15, -0.1) is 11.3 Å². The molecular formula is C15H17NO4S. The molecule has 0 spiro atoms. The number of thiophene rings is 1. The SMILES string of the molecule is COc1ccc(C(=O)NCC(O)c2cccs2)c(OC)c1. The van der Waals surface area contributed by atoms with Crippen molar-refractivity contribution in [1.82, 2.24) is 5.32 Å². The van der Waals surface area contributed by atoms with E-state index in [0.717, 1.165) is 4.88 Å². The van der Waals surface area contributed by atoms with E-state index in [4.69, 9.17) is 9.47 Å². The summed E-state index contributed by atoms with van der Waals surface area (Å²) in [5.41, 5.74) is 0.400. The third-order valence-electron chi connectivity index (χ3n) is 2.98. The third kappa shape index (κ3) is 3.74. The monoisotopic (exact) mass is 307 g/mol. The lowest BCUT2D eigenvalue weighted by molar-refractivity contribution is 0.0915. The second-order valence-electron chi connectivity index (χ2n) is 4.31. The molecule has 0 aliphatic rings. The number of amides is 1. The van der Waals surface area contributed by atoms with E-state index >= 15 is 0 Å². The first-order valence-corrected chi connectivity index (χ1v) is 7.25. The van der Waals surface area contributed by atoms with E-state index in [0.29, 0.717) is 17.1 Å². The first-order chi connectivity index (χ1) is 10.2. The predicted molar refractivity (Wildman–Crippen MR) is 81.2 cm³/mol. The van der Waals surface area contributed by atoms with Crippen LogP contribution in [0.5, 0.6) is 11.5 Å². The fourth-order valence-corrected chi connectivity index (χ4v) is 2.56. The van der Waals surface area contributed by atoms with Gasteiger partial charge < -0.3 is 19.9 Å². The van der Waals surface area contributed by atoms with Gasteiger partial charge in [-0.05, 0) is 23.6 Å².